The van der Waals surface area contributed by atoms with Gasteiger partial charge in [-0.05, 0) is 17.7 Å². The summed E-state index contributed by atoms with van der Waals surface area (Å²) in [6.45, 7) is 0.961. The highest BCUT2D eigenvalue weighted by Gasteiger charge is 2.18. The Labute approximate surface area is 132 Å². The number of methoxy groups -OCH3 is 1. The summed E-state index contributed by atoms with van der Waals surface area (Å²) in [5.41, 5.74) is 0.883. The molecule has 2 aromatic rings. The molecule has 0 fully saturated rings. The Balaban J connectivity index is 2.20. The number of benzene rings is 1. The average molecular weight is 324 g/mol. The largest absolute Gasteiger partial charge is 0.383 e. The molecule has 0 aliphatic carbocycles. The van der Waals surface area contributed by atoms with Gasteiger partial charge in [-0.2, -0.15) is 0 Å². The summed E-state index contributed by atoms with van der Waals surface area (Å²) in [5.74, 6) is -0.706. The average Bonchev–Trinajstić information content (AvgIpc) is 2.53. The Morgan fingerprint density at radius 1 is 1.41 bits per heavy atom. The van der Waals surface area contributed by atoms with Crippen molar-refractivity contribution in [2.75, 3.05) is 20.3 Å². The molecule has 0 N–H and O–H groups in total. The lowest BCUT2D eigenvalue weighted by Gasteiger charge is -2.22. The van der Waals surface area contributed by atoms with Gasteiger partial charge in [0.15, 0.2) is 0 Å². The third-order valence-corrected chi connectivity index (χ3v) is 3.36. The molecule has 1 aromatic heterocycles. The molecule has 1 amide bonds. The number of amides is 1. The van der Waals surface area contributed by atoms with Gasteiger partial charge in [0, 0.05) is 37.6 Å². The highest BCUT2D eigenvalue weighted by molar-refractivity contribution is 6.31. The maximum Gasteiger partial charge on any atom is 0.274 e. The first-order valence-electron chi connectivity index (χ1n) is 6.60. The van der Waals surface area contributed by atoms with E-state index < -0.39 is 5.82 Å². The van der Waals surface area contributed by atoms with Crippen molar-refractivity contribution in [3.05, 3.63) is 58.9 Å². The van der Waals surface area contributed by atoms with Crippen LogP contribution in [0.4, 0.5) is 4.39 Å². The third-order valence-electron chi connectivity index (χ3n) is 3.01. The summed E-state index contributed by atoms with van der Waals surface area (Å²) in [6.07, 6.45) is 4.34. The number of halogens is 2. The fourth-order valence-corrected chi connectivity index (χ4v) is 2.11. The van der Waals surface area contributed by atoms with E-state index in [2.05, 4.69) is 9.97 Å². The number of hydrogen-bond acceptors (Lipinski definition) is 4. The van der Waals surface area contributed by atoms with Crippen LogP contribution in [0.25, 0.3) is 0 Å². The molecule has 0 saturated carbocycles. The van der Waals surface area contributed by atoms with E-state index in [0.717, 1.165) is 0 Å². The van der Waals surface area contributed by atoms with Crippen molar-refractivity contribution in [3.63, 3.8) is 0 Å². The van der Waals surface area contributed by atoms with Crippen LogP contribution in [0, 0.1) is 5.82 Å². The third kappa shape index (κ3) is 4.22. The smallest absolute Gasteiger partial charge is 0.274 e. The van der Waals surface area contributed by atoms with Crippen LogP contribution < -0.4 is 0 Å². The summed E-state index contributed by atoms with van der Waals surface area (Å²) in [5, 5.41) is 0.273. The number of nitrogens with zero attached hydrogens (tertiary/aromatic N) is 3. The lowest BCUT2D eigenvalue weighted by molar-refractivity contribution is 0.0674. The van der Waals surface area contributed by atoms with Gasteiger partial charge in [-0.3, -0.25) is 9.78 Å². The van der Waals surface area contributed by atoms with Crippen molar-refractivity contribution in [2.24, 2.45) is 0 Å². The van der Waals surface area contributed by atoms with E-state index in [1.165, 1.54) is 35.6 Å². The van der Waals surface area contributed by atoms with Gasteiger partial charge in [-0.15, -0.1) is 0 Å². The SMILES string of the molecule is COCCN(Cc1ccc(F)cc1Cl)C(=O)c1cnccn1. The van der Waals surface area contributed by atoms with E-state index >= 15 is 0 Å². The zero-order valence-electron chi connectivity index (χ0n) is 12.0. The van der Waals surface area contributed by atoms with Crippen LogP contribution in [0.2, 0.25) is 5.02 Å². The van der Waals surface area contributed by atoms with Gasteiger partial charge in [0.05, 0.1) is 12.8 Å². The molecule has 0 radical (unpaired) electrons. The topological polar surface area (TPSA) is 55.3 Å². The van der Waals surface area contributed by atoms with E-state index in [9.17, 15) is 9.18 Å². The minimum absolute atomic E-state index is 0.233. The molecule has 1 heterocycles. The second kappa shape index (κ2) is 7.82. The number of rotatable bonds is 6. The van der Waals surface area contributed by atoms with Crippen LogP contribution in [-0.2, 0) is 11.3 Å². The van der Waals surface area contributed by atoms with Crippen molar-refractivity contribution < 1.29 is 13.9 Å². The monoisotopic (exact) mass is 323 g/mol. The maximum atomic E-state index is 13.1. The van der Waals surface area contributed by atoms with E-state index in [-0.39, 0.29) is 23.2 Å². The molecule has 116 valence electrons. The van der Waals surface area contributed by atoms with Gasteiger partial charge >= 0.3 is 0 Å². The summed E-state index contributed by atoms with van der Waals surface area (Å²) in [4.78, 5) is 21.9. The first-order valence-corrected chi connectivity index (χ1v) is 6.97. The summed E-state index contributed by atoms with van der Waals surface area (Å²) < 4.78 is 18.1. The Morgan fingerprint density at radius 3 is 2.86 bits per heavy atom. The number of ether oxygens (including phenoxy) is 1. The molecule has 0 unspecified atom stereocenters. The maximum absolute atomic E-state index is 13.1. The van der Waals surface area contributed by atoms with Gasteiger partial charge in [0.2, 0.25) is 0 Å². The fraction of sp³-hybridized carbons (Fsp3) is 0.267. The Morgan fingerprint density at radius 2 is 2.23 bits per heavy atom. The van der Waals surface area contributed by atoms with Crippen molar-refractivity contribution in [2.45, 2.75) is 6.54 Å². The quantitative estimate of drug-likeness (QED) is 0.820. The number of aromatic nitrogens is 2. The minimum atomic E-state index is -0.419. The highest BCUT2D eigenvalue weighted by Crippen LogP contribution is 2.19. The van der Waals surface area contributed by atoms with Crippen molar-refractivity contribution in [3.8, 4) is 0 Å². The molecule has 0 aliphatic rings. The fourth-order valence-electron chi connectivity index (χ4n) is 1.88. The molecule has 0 bridgehead atoms. The molecule has 5 nitrogen and oxygen atoms in total. The summed E-state index contributed by atoms with van der Waals surface area (Å²) in [6, 6.07) is 4.09. The Kier molecular flexibility index (Phi) is 5.80. The molecule has 1 aromatic carbocycles. The predicted molar refractivity (Wildman–Crippen MR) is 80.1 cm³/mol. The molecular formula is C15H15ClFN3O2. The molecule has 22 heavy (non-hydrogen) atoms. The van der Waals surface area contributed by atoms with Crippen molar-refractivity contribution >= 4 is 17.5 Å². The van der Waals surface area contributed by atoms with Crippen molar-refractivity contribution in [1.29, 1.82) is 0 Å². The Bertz CT molecular complexity index is 640. The molecule has 0 spiro atoms. The van der Waals surface area contributed by atoms with Gasteiger partial charge in [-0.25, -0.2) is 9.37 Å². The zero-order chi connectivity index (χ0) is 15.9. The van der Waals surface area contributed by atoms with E-state index in [1.54, 1.807) is 13.2 Å². The van der Waals surface area contributed by atoms with Gasteiger partial charge in [0.25, 0.3) is 5.91 Å². The number of carbonyl (C=O) groups excluding carboxylic acids is 1. The molecule has 7 heteroatoms. The van der Waals surface area contributed by atoms with Gasteiger partial charge in [0.1, 0.15) is 11.5 Å². The second-order valence-electron chi connectivity index (χ2n) is 4.55. The van der Waals surface area contributed by atoms with Crippen LogP contribution in [0.3, 0.4) is 0 Å². The molecule has 0 aliphatic heterocycles. The summed E-state index contributed by atoms with van der Waals surface area (Å²) >= 11 is 6.02. The van der Waals surface area contributed by atoms with Gasteiger partial charge in [-0.1, -0.05) is 17.7 Å². The standard InChI is InChI=1S/C15H15ClFN3O2/c1-22-7-6-20(15(21)14-9-18-4-5-19-14)10-11-2-3-12(17)8-13(11)16/h2-5,8-9H,6-7,10H2,1H3. The molecule has 0 saturated heterocycles. The predicted octanol–water partition coefficient (Wildman–Crippen LogP) is 2.56. The normalized spacial score (nSPS) is 10.5. The van der Waals surface area contributed by atoms with E-state index in [1.807, 2.05) is 0 Å². The van der Waals surface area contributed by atoms with Crippen LogP contribution >= 0.6 is 11.6 Å². The van der Waals surface area contributed by atoms with Crippen LogP contribution in [0.5, 0.6) is 0 Å². The summed E-state index contributed by atoms with van der Waals surface area (Å²) in [7, 11) is 1.55. The zero-order valence-corrected chi connectivity index (χ0v) is 12.8. The van der Waals surface area contributed by atoms with Crippen LogP contribution in [-0.4, -0.2) is 41.0 Å². The van der Waals surface area contributed by atoms with Crippen LogP contribution in [0.15, 0.2) is 36.8 Å². The minimum Gasteiger partial charge on any atom is -0.383 e. The van der Waals surface area contributed by atoms with Crippen molar-refractivity contribution in [1.82, 2.24) is 14.9 Å². The number of carbonyl (C=O) groups is 1. The number of hydrogen-bond donors (Lipinski definition) is 0. The first kappa shape index (κ1) is 16.3. The van der Waals surface area contributed by atoms with E-state index in [4.69, 9.17) is 16.3 Å². The lowest BCUT2D eigenvalue weighted by Crippen LogP contribution is -2.34. The first-order chi connectivity index (χ1) is 10.6. The van der Waals surface area contributed by atoms with E-state index in [0.29, 0.717) is 18.7 Å². The highest BCUT2D eigenvalue weighted by atomic mass is 35.5. The Hall–Kier alpha value is -2.05. The van der Waals surface area contributed by atoms with Gasteiger partial charge < -0.3 is 9.64 Å². The second-order valence-corrected chi connectivity index (χ2v) is 4.95. The molecule has 2 rings (SSSR count). The molecule has 0 atom stereocenters. The lowest BCUT2D eigenvalue weighted by atomic mass is 10.2. The molecular weight excluding hydrogens is 309 g/mol. The van der Waals surface area contributed by atoms with Crippen LogP contribution in [0.1, 0.15) is 16.1 Å².